The number of hydrogen-bond donors (Lipinski definition) is 1. The molecule has 3 rings (SSSR count). The number of rotatable bonds is 2. The summed E-state index contributed by atoms with van der Waals surface area (Å²) in [5.74, 6) is 1.21. The molecule has 0 unspecified atom stereocenters. The Labute approximate surface area is 117 Å². The molecule has 4 nitrogen and oxygen atoms in total. The van der Waals surface area contributed by atoms with Gasteiger partial charge in [0.05, 0.1) is 6.20 Å². The van der Waals surface area contributed by atoms with Gasteiger partial charge in [-0.3, -0.25) is 0 Å². The van der Waals surface area contributed by atoms with Gasteiger partial charge in [0.1, 0.15) is 11.5 Å². The molecule has 2 aromatic carbocycles. The maximum absolute atomic E-state index is 6.08. The number of benzene rings is 2. The summed E-state index contributed by atoms with van der Waals surface area (Å²) in [6, 6.07) is 14.3. The van der Waals surface area contributed by atoms with Crippen molar-refractivity contribution in [1.29, 1.82) is 0 Å². The Morgan fingerprint density at radius 1 is 1.00 bits per heavy atom. The van der Waals surface area contributed by atoms with Crippen molar-refractivity contribution in [3.8, 4) is 11.3 Å². The van der Waals surface area contributed by atoms with Crippen LogP contribution in [0.15, 0.2) is 48.7 Å². The van der Waals surface area contributed by atoms with Crippen molar-refractivity contribution in [1.82, 2.24) is 9.97 Å². The SMILES string of the molecule is CN(C)c1cnc(-c2cccc3ccccc23)c(N)n1. The van der Waals surface area contributed by atoms with Crippen LogP contribution in [0.2, 0.25) is 0 Å². The Bertz CT molecular complexity index is 760. The van der Waals surface area contributed by atoms with E-state index in [9.17, 15) is 0 Å². The molecule has 0 saturated carbocycles. The molecule has 0 atom stereocenters. The molecule has 0 saturated heterocycles. The molecule has 100 valence electrons. The van der Waals surface area contributed by atoms with Crippen molar-refractivity contribution >= 4 is 22.4 Å². The van der Waals surface area contributed by atoms with E-state index in [-0.39, 0.29) is 0 Å². The summed E-state index contributed by atoms with van der Waals surface area (Å²) >= 11 is 0. The third kappa shape index (κ3) is 2.05. The van der Waals surface area contributed by atoms with Crippen LogP contribution < -0.4 is 10.6 Å². The molecular weight excluding hydrogens is 248 g/mol. The molecule has 0 bridgehead atoms. The maximum Gasteiger partial charge on any atom is 0.152 e. The first-order valence-corrected chi connectivity index (χ1v) is 6.45. The Balaban J connectivity index is 2.21. The van der Waals surface area contributed by atoms with Crippen molar-refractivity contribution in [3.05, 3.63) is 48.7 Å². The molecule has 0 spiro atoms. The van der Waals surface area contributed by atoms with E-state index in [0.29, 0.717) is 5.82 Å². The van der Waals surface area contributed by atoms with Crippen molar-refractivity contribution in [2.45, 2.75) is 0 Å². The largest absolute Gasteiger partial charge is 0.382 e. The van der Waals surface area contributed by atoms with Gasteiger partial charge in [-0.1, -0.05) is 42.5 Å². The molecule has 0 fully saturated rings. The van der Waals surface area contributed by atoms with Gasteiger partial charge < -0.3 is 10.6 Å². The van der Waals surface area contributed by atoms with Gasteiger partial charge in [0.15, 0.2) is 5.82 Å². The lowest BCUT2D eigenvalue weighted by Crippen LogP contribution is -2.12. The highest BCUT2D eigenvalue weighted by atomic mass is 15.2. The van der Waals surface area contributed by atoms with Gasteiger partial charge in [-0.15, -0.1) is 0 Å². The van der Waals surface area contributed by atoms with Gasteiger partial charge in [-0.25, -0.2) is 9.97 Å². The Hall–Kier alpha value is -2.62. The molecule has 0 radical (unpaired) electrons. The molecule has 0 aliphatic rings. The zero-order chi connectivity index (χ0) is 14.1. The zero-order valence-corrected chi connectivity index (χ0v) is 11.5. The second kappa shape index (κ2) is 4.81. The smallest absolute Gasteiger partial charge is 0.152 e. The van der Waals surface area contributed by atoms with Crippen LogP contribution in [-0.2, 0) is 0 Å². The minimum absolute atomic E-state index is 0.451. The maximum atomic E-state index is 6.08. The number of nitrogens with zero attached hydrogens (tertiary/aromatic N) is 3. The number of nitrogen functional groups attached to an aromatic ring is 1. The molecule has 4 heteroatoms. The fourth-order valence-corrected chi connectivity index (χ4v) is 2.25. The monoisotopic (exact) mass is 264 g/mol. The molecule has 20 heavy (non-hydrogen) atoms. The Morgan fingerprint density at radius 2 is 1.75 bits per heavy atom. The number of anilines is 2. The third-order valence-corrected chi connectivity index (χ3v) is 3.29. The van der Waals surface area contributed by atoms with Crippen molar-refractivity contribution in [2.75, 3.05) is 24.7 Å². The highest BCUT2D eigenvalue weighted by Gasteiger charge is 2.10. The van der Waals surface area contributed by atoms with Crippen LogP contribution in [0, 0.1) is 0 Å². The summed E-state index contributed by atoms with van der Waals surface area (Å²) < 4.78 is 0. The summed E-state index contributed by atoms with van der Waals surface area (Å²) in [7, 11) is 3.84. The lowest BCUT2D eigenvalue weighted by molar-refractivity contribution is 1.05. The summed E-state index contributed by atoms with van der Waals surface area (Å²) in [5.41, 5.74) is 7.82. The lowest BCUT2D eigenvalue weighted by atomic mass is 10.0. The average Bonchev–Trinajstić information content (AvgIpc) is 2.46. The fourth-order valence-electron chi connectivity index (χ4n) is 2.25. The number of aromatic nitrogens is 2. The minimum atomic E-state index is 0.451. The second-order valence-corrected chi connectivity index (χ2v) is 4.88. The van der Waals surface area contributed by atoms with Crippen LogP contribution in [0.5, 0.6) is 0 Å². The standard InChI is InChI=1S/C16H16N4/c1-20(2)14-10-18-15(16(17)19-14)13-9-5-7-11-6-3-4-8-12(11)13/h3-10H,1-2H3,(H2,17,19). The van der Waals surface area contributed by atoms with Crippen LogP contribution in [0.25, 0.3) is 22.0 Å². The van der Waals surface area contributed by atoms with Crippen molar-refractivity contribution in [3.63, 3.8) is 0 Å². The summed E-state index contributed by atoms with van der Waals surface area (Å²) in [5, 5.41) is 2.30. The van der Waals surface area contributed by atoms with E-state index in [2.05, 4.69) is 28.2 Å². The van der Waals surface area contributed by atoms with Gasteiger partial charge >= 0.3 is 0 Å². The first kappa shape index (κ1) is 12.4. The van der Waals surface area contributed by atoms with Gasteiger partial charge in [0, 0.05) is 19.7 Å². The summed E-state index contributed by atoms with van der Waals surface area (Å²) in [6.07, 6.45) is 1.74. The fraction of sp³-hybridized carbons (Fsp3) is 0.125. The highest BCUT2D eigenvalue weighted by Crippen LogP contribution is 2.30. The normalized spacial score (nSPS) is 10.7. The molecule has 0 amide bonds. The first-order valence-electron chi connectivity index (χ1n) is 6.45. The first-order chi connectivity index (χ1) is 9.66. The second-order valence-electron chi connectivity index (χ2n) is 4.88. The van der Waals surface area contributed by atoms with Crippen LogP contribution in [-0.4, -0.2) is 24.1 Å². The molecule has 0 aliphatic heterocycles. The van der Waals surface area contributed by atoms with E-state index >= 15 is 0 Å². The van der Waals surface area contributed by atoms with Crippen LogP contribution in [0.1, 0.15) is 0 Å². The predicted molar refractivity (Wildman–Crippen MR) is 83.7 cm³/mol. The Kier molecular flexibility index (Phi) is 2.99. The lowest BCUT2D eigenvalue weighted by Gasteiger charge is -2.13. The molecular formula is C16H16N4. The van der Waals surface area contributed by atoms with Gasteiger partial charge in [0.2, 0.25) is 0 Å². The van der Waals surface area contributed by atoms with Crippen molar-refractivity contribution < 1.29 is 0 Å². The van der Waals surface area contributed by atoms with E-state index in [4.69, 9.17) is 5.73 Å². The van der Waals surface area contributed by atoms with E-state index in [1.807, 2.05) is 43.3 Å². The predicted octanol–water partition coefficient (Wildman–Crippen LogP) is 2.95. The summed E-state index contributed by atoms with van der Waals surface area (Å²) in [4.78, 5) is 10.8. The number of fused-ring (bicyclic) bond motifs is 1. The third-order valence-electron chi connectivity index (χ3n) is 3.29. The quantitative estimate of drug-likeness (QED) is 0.773. The van der Waals surface area contributed by atoms with Crippen LogP contribution in [0.3, 0.4) is 0 Å². The molecule has 3 aromatic rings. The molecule has 0 aliphatic carbocycles. The Morgan fingerprint density at radius 3 is 2.50 bits per heavy atom. The van der Waals surface area contributed by atoms with Crippen molar-refractivity contribution in [2.24, 2.45) is 0 Å². The molecule has 1 aromatic heterocycles. The van der Waals surface area contributed by atoms with E-state index in [1.165, 1.54) is 5.39 Å². The highest BCUT2D eigenvalue weighted by molar-refractivity contribution is 5.97. The topological polar surface area (TPSA) is 55.0 Å². The molecule has 2 N–H and O–H groups in total. The molecule has 1 heterocycles. The summed E-state index contributed by atoms with van der Waals surface area (Å²) in [6.45, 7) is 0. The minimum Gasteiger partial charge on any atom is -0.382 e. The average molecular weight is 264 g/mol. The van der Waals surface area contributed by atoms with E-state index < -0.39 is 0 Å². The van der Waals surface area contributed by atoms with Gasteiger partial charge in [0.25, 0.3) is 0 Å². The zero-order valence-electron chi connectivity index (χ0n) is 11.5. The number of hydrogen-bond acceptors (Lipinski definition) is 4. The van der Waals surface area contributed by atoms with Crippen LogP contribution >= 0.6 is 0 Å². The van der Waals surface area contributed by atoms with Crippen LogP contribution in [0.4, 0.5) is 11.6 Å². The van der Waals surface area contributed by atoms with Gasteiger partial charge in [-0.05, 0) is 10.8 Å². The number of nitrogens with two attached hydrogens (primary N) is 1. The van der Waals surface area contributed by atoms with Gasteiger partial charge in [-0.2, -0.15) is 0 Å². The van der Waals surface area contributed by atoms with E-state index in [0.717, 1.165) is 22.5 Å². The van der Waals surface area contributed by atoms with E-state index in [1.54, 1.807) is 6.20 Å².